The van der Waals surface area contributed by atoms with Crippen molar-refractivity contribution in [3.8, 4) is 0 Å². The highest BCUT2D eigenvalue weighted by Crippen LogP contribution is 2.30. The first kappa shape index (κ1) is 13.0. The molecule has 0 bridgehead atoms. The molecule has 0 spiro atoms. The number of rotatable bonds is 7. The molecule has 0 aromatic rings. The van der Waals surface area contributed by atoms with Crippen molar-refractivity contribution in [3.05, 3.63) is 0 Å². The lowest BCUT2D eigenvalue weighted by atomic mass is 9.77. The fraction of sp³-hybridized carbons (Fsp3) is 1.00. The van der Waals surface area contributed by atoms with Gasteiger partial charge in [0.05, 0.1) is 0 Å². The quantitative estimate of drug-likeness (QED) is 0.528. The molecule has 0 radical (unpaired) electrons. The molecule has 0 heterocycles. The molecule has 0 N–H and O–H groups in total. The van der Waals surface area contributed by atoms with Crippen LogP contribution in [0.25, 0.3) is 0 Å². The predicted octanol–water partition coefficient (Wildman–Crippen LogP) is 4.89. The predicted molar refractivity (Wildman–Crippen MR) is 61.9 cm³/mol. The number of hydrogen-bond acceptors (Lipinski definition) is 0. The second-order valence-electron chi connectivity index (χ2n) is 4.60. The van der Waals surface area contributed by atoms with Crippen LogP contribution < -0.4 is 0 Å². The molecule has 3 atom stereocenters. The summed E-state index contributed by atoms with van der Waals surface area (Å²) in [6.07, 6.45) is 6.88. The van der Waals surface area contributed by atoms with E-state index in [0.717, 1.165) is 17.8 Å². The summed E-state index contributed by atoms with van der Waals surface area (Å²) in [7, 11) is 0. The van der Waals surface area contributed by atoms with Crippen LogP contribution in [0.3, 0.4) is 0 Å². The van der Waals surface area contributed by atoms with E-state index in [1.54, 1.807) is 0 Å². The Morgan fingerprint density at radius 2 is 1.31 bits per heavy atom. The van der Waals surface area contributed by atoms with Crippen LogP contribution in [0.1, 0.15) is 66.7 Å². The van der Waals surface area contributed by atoms with Gasteiger partial charge in [-0.1, -0.05) is 66.7 Å². The van der Waals surface area contributed by atoms with Crippen LogP contribution in [0.15, 0.2) is 0 Å². The third-order valence-electron chi connectivity index (χ3n) is 3.47. The average molecular weight is 184 g/mol. The van der Waals surface area contributed by atoms with Crippen molar-refractivity contribution in [1.29, 1.82) is 0 Å². The Hall–Kier alpha value is 0. The Bertz CT molecular complexity index is 107. The van der Waals surface area contributed by atoms with Crippen molar-refractivity contribution in [1.82, 2.24) is 0 Å². The monoisotopic (exact) mass is 184 g/mol. The van der Waals surface area contributed by atoms with E-state index in [2.05, 4.69) is 34.6 Å². The van der Waals surface area contributed by atoms with Gasteiger partial charge in [-0.15, -0.1) is 0 Å². The molecule has 0 aliphatic rings. The third kappa shape index (κ3) is 4.69. The van der Waals surface area contributed by atoms with Crippen molar-refractivity contribution in [2.24, 2.45) is 17.8 Å². The summed E-state index contributed by atoms with van der Waals surface area (Å²) < 4.78 is 0. The van der Waals surface area contributed by atoms with Crippen LogP contribution >= 0.6 is 0 Å². The maximum atomic E-state index is 2.44. The normalized spacial score (nSPS) is 18.2. The van der Waals surface area contributed by atoms with Gasteiger partial charge in [-0.3, -0.25) is 0 Å². The van der Waals surface area contributed by atoms with E-state index >= 15 is 0 Å². The molecule has 0 aromatic heterocycles. The van der Waals surface area contributed by atoms with Crippen molar-refractivity contribution in [3.63, 3.8) is 0 Å². The van der Waals surface area contributed by atoms with Gasteiger partial charge in [0.15, 0.2) is 0 Å². The number of hydrogen-bond donors (Lipinski definition) is 0. The zero-order valence-corrected chi connectivity index (χ0v) is 10.3. The van der Waals surface area contributed by atoms with Crippen molar-refractivity contribution < 1.29 is 0 Å². The van der Waals surface area contributed by atoms with Gasteiger partial charge in [-0.05, 0) is 17.8 Å². The Kier molecular flexibility index (Phi) is 7.41. The van der Waals surface area contributed by atoms with E-state index in [9.17, 15) is 0 Å². The molecule has 0 nitrogen and oxygen atoms in total. The van der Waals surface area contributed by atoms with E-state index in [1.165, 1.54) is 32.1 Å². The molecular weight excluding hydrogens is 156 g/mol. The Morgan fingerprint density at radius 1 is 0.769 bits per heavy atom. The first-order valence-corrected chi connectivity index (χ1v) is 6.17. The zero-order chi connectivity index (χ0) is 10.3. The lowest BCUT2D eigenvalue weighted by molar-refractivity contribution is 0.220. The summed E-state index contributed by atoms with van der Waals surface area (Å²) >= 11 is 0. The zero-order valence-electron chi connectivity index (χ0n) is 10.3. The minimum Gasteiger partial charge on any atom is -0.0654 e. The summed E-state index contributed by atoms with van der Waals surface area (Å²) in [5.41, 5.74) is 0. The fourth-order valence-electron chi connectivity index (χ4n) is 2.44. The molecule has 0 saturated heterocycles. The van der Waals surface area contributed by atoms with Gasteiger partial charge in [0.25, 0.3) is 0 Å². The summed E-state index contributed by atoms with van der Waals surface area (Å²) in [5.74, 6) is 2.82. The minimum absolute atomic E-state index is 0.918. The molecule has 0 aromatic carbocycles. The molecule has 13 heavy (non-hydrogen) atoms. The van der Waals surface area contributed by atoms with Crippen LogP contribution in [0.2, 0.25) is 0 Å². The topological polar surface area (TPSA) is 0 Å². The van der Waals surface area contributed by atoms with Gasteiger partial charge in [-0.2, -0.15) is 0 Å². The lowest BCUT2D eigenvalue weighted by Gasteiger charge is -2.28. The highest BCUT2D eigenvalue weighted by Gasteiger charge is 2.20. The van der Waals surface area contributed by atoms with Crippen LogP contribution in [-0.2, 0) is 0 Å². The minimum atomic E-state index is 0.918. The second kappa shape index (κ2) is 7.41. The van der Waals surface area contributed by atoms with Crippen LogP contribution in [0, 0.1) is 17.8 Å². The maximum Gasteiger partial charge on any atom is -0.0363 e. The average Bonchev–Trinajstić information content (AvgIpc) is 2.13. The summed E-state index contributed by atoms with van der Waals surface area (Å²) in [6.45, 7) is 11.8. The molecule has 0 heteroatoms. The summed E-state index contributed by atoms with van der Waals surface area (Å²) in [4.78, 5) is 0. The van der Waals surface area contributed by atoms with E-state index in [1.807, 2.05) is 0 Å². The highest BCUT2D eigenvalue weighted by molar-refractivity contribution is 4.71. The highest BCUT2D eigenvalue weighted by atomic mass is 14.3. The summed E-state index contributed by atoms with van der Waals surface area (Å²) in [5, 5.41) is 0. The van der Waals surface area contributed by atoms with E-state index in [4.69, 9.17) is 0 Å². The van der Waals surface area contributed by atoms with Gasteiger partial charge in [-0.25, -0.2) is 0 Å². The lowest BCUT2D eigenvalue weighted by Crippen LogP contribution is -2.19. The third-order valence-corrected chi connectivity index (χ3v) is 3.47. The van der Waals surface area contributed by atoms with E-state index in [-0.39, 0.29) is 0 Å². The molecule has 0 aliphatic heterocycles. The summed E-state index contributed by atoms with van der Waals surface area (Å²) in [6, 6.07) is 0. The molecule has 0 amide bonds. The first-order chi connectivity index (χ1) is 6.17. The first-order valence-electron chi connectivity index (χ1n) is 6.17. The Balaban J connectivity index is 4.05. The standard InChI is InChI=1S/C13H28/c1-6-9-12(5)13(10-7-2)11(4)8-3/h11-13H,6-10H2,1-5H3. The smallest absolute Gasteiger partial charge is 0.0363 e. The van der Waals surface area contributed by atoms with Crippen LogP contribution in [0.5, 0.6) is 0 Å². The molecule has 0 saturated carbocycles. The van der Waals surface area contributed by atoms with Gasteiger partial charge in [0.2, 0.25) is 0 Å². The van der Waals surface area contributed by atoms with Gasteiger partial charge in [0, 0.05) is 0 Å². The van der Waals surface area contributed by atoms with Crippen molar-refractivity contribution in [2.45, 2.75) is 66.7 Å². The fourth-order valence-corrected chi connectivity index (χ4v) is 2.44. The van der Waals surface area contributed by atoms with E-state index < -0.39 is 0 Å². The molecule has 0 rings (SSSR count). The molecule has 0 aliphatic carbocycles. The maximum absolute atomic E-state index is 2.44. The van der Waals surface area contributed by atoms with Gasteiger partial charge in [0.1, 0.15) is 0 Å². The van der Waals surface area contributed by atoms with Gasteiger partial charge < -0.3 is 0 Å². The Labute approximate surface area is 85.1 Å². The van der Waals surface area contributed by atoms with E-state index in [0.29, 0.717) is 0 Å². The molecule has 80 valence electrons. The molecule has 0 fully saturated rings. The van der Waals surface area contributed by atoms with Gasteiger partial charge >= 0.3 is 0 Å². The van der Waals surface area contributed by atoms with Crippen LogP contribution in [0.4, 0.5) is 0 Å². The van der Waals surface area contributed by atoms with Crippen molar-refractivity contribution in [2.75, 3.05) is 0 Å². The molecular formula is C13H28. The van der Waals surface area contributed by atoms with Crippen molar-refractivity contribution >= 4 is 0 Å². The molecule has 3 unspecified atom stereocenters. The SMILES string of the molecule is CCCC(C)C(CCC)C(C)CC. The Morgan fingerprint density at radius 3 is 1.69 bits per heavy atom. The largest absolute Gasteiger partial charge is 0.0654 e. The second-order valence-corrected chi connectivity index (χ2v) is 4.60. The van der Waals surface area contributed by atoms with Crippen LogP contribution in [-0.4, -0.2) is 0 Å².